The topological polar surface area (TPSA) is 59.9 Å². The zero-order valence-electron chi connectivity index (χ0n) is 15.9. The standard InChI is InChI=1S/C18H38N4O/c1-6-11-18(23,12-7-2)14-21-17(19-8-3)20-13-16(22(4)5)15-9-10-15/h15-16,23H,6-14H2,1-5H3,(H2,19,20,21). The fourth-order valence-electron chi connectivity index (χ4n) is 3.23. The fraction of sp³-hybridized carbons (Fsp3) is 0.944. The summed E-state index contributed by atoms with van der Waals surface area (Å²) in [7, 11) is 4.30. The monoisotopic (exact) mass is 326 g/mol. The third-order valence-corrected chi connectivity index (χ3v) is 4.61. The van der Waals surface area contributed by atoms with Crippen molar-refractivity contribution in [1.29, 1.82) is 0 Å². The summed E-state index contributed by atoms with van der Waals surface area (Å²) in [6.07, 6.45) is 6.27. The largest absolute Gasteiger partial charge is 0.388 e. The molecular formula is C18H38N4O. The number of likely N-dealkylation sites (N-methyl/N-ethyl adjacent to an activating group) is 1. The van der Waals surface area contributed by atoms with Crippen LogP contribution < -0.4 is 10.6 Å². The number of nitrogens with one attached hydrogen (secondary N) is 2. The third-order valence-electron chi connectivity index (χ3n) is 4.61. The lowest BCUT2D eigenvalue weighted by atomic mass is 9.93. The van der Waals surface area contributed by atoms with E-state index in [9.17, 15) is 5.11 Å². The summed E-state index contributed by atoms with van der Waals surface area (Å²) < 4.78 is 0. The molecule has 1 unspecified atom stereocenters. The van der Waals surface area contributed by atoms with E-state index in [1.54, 1.807) is 0 Å². The molecule has 0 radical (unpaired) electrons. The molecule has 1 fully saturated rings. The fourth-order valence-corrected chi connectivity index (χ4v) is 3.23. The lowest BCUT2D eigenvalue weighted by Gasteiger charge is -2.27. The van der Waals surface area contributed by atoms with Crippen molar-refractivity contribution in [3.05, 3.63) is 0 Å². The van der Waals surface area contributed by atoms with E-state index in [-0.39, 0.29) is 0 Å². The van der Waals surface area contributed by atoms with Gasteiger partial charge in [0.1, 0.15) is 0 Å². The molecule has 1 aliphatic carbocycles. The van der Waals surface area contributed by atoms with Crippen LogP contribution in [-0.2, 0) is 0 Å². The van der Waals surface area contributed by atoms with Crippen LogP contribution in [0.5, 0.6) is 0 Å². The molecule has 23 heavy (non-hydrogen) atoms. The minimum Gasteiger partial charge on any atom is -0.388 e. The second-order valence-corrected chi connectivity index (χ2v) is 7.17. The van der Waals surface area contributed by atoms with Crippen LogP contribution in [0.2, 0.25) is 0 Å². The Bertz CT molecular complexity index is 345. The summed E-state index contributed by atoms with van der Waals surface area (Å²) >= 11 is 0. The molecular weight excluding hydrogens is 288 g/mol. The van der Waals surface area contributed by atoms with Gasteiger partial charge in [-0.25, -0.2) is 0 Å². The highest BCUT2D eigenvalue weighted by Crippen LogP contribution is 2.34. The lowest BCUT2D eigenvalue weighted by molar-refractivity contribution is 0.0306. The zero-order valence-corrected chi connectivity index (χ0v) is 15.9. The van der Waals surface area contributed by atoms with Crippen LogP contribution in [0.15, 0.2) is 4.99 Å². The second-order valence-electron chi connectivity index (χ2n) is 7.17. The molecule has 1 aliphatic rings. The van der Waals surface area contributed by atoms with Crippen molar-refractivity contribution in [1.82, 2.24) is 15.5 Å². The minimum absolute atomic E-state index is 0.472. The van der Waals surface area contributed by atoms with Gasteiger partial charge in [0.15, 0.2) is 5.96 Å². The molecule has 0 heterocycles. The van der Waals surface area contributed by atoms with Gasteiger partial charge in [-0.3, -0.25) is 4.99 Å². The summed E-state index contributed by atoms with van der Waals surface area (Å²) in [5, 5.41) is 17.5. The van der Waals surface area contributed by atoms with Gasteiger partial charge in [-0.2, -0.15) is 0 Å². The molecule has 0 aromatic rings. The molecule has 136 valence electrons. The Morgan fingerprint density at radius 3 is 2.22 bits per heavy atom. The van der Waals surface area contributed by atoms with Gasteiger partial charge in [0.05, 0.1) is 12.1 Å². The average molecular weight is 327 g/mol. The number of nitrogens with zero attached hydrogens (tertiary/aromatic N) is 2. The van der Waals surface area contributed by atoms with Crippen molar-refractivity contribution >= 4 is 5.96 Å². The zero-order chi connectivity index (χ0) is 17.3. The molecule has 0 aliphatic heterocycles. The number of aliphatic imine (C=N–C) groups is 1. The number of hydrogen-bond acceptors (Lipinski definition) is 3. The Morgan fingerprint density at radius 1 is 1.17 bits per heavy atom. The van der Waals surface area contributed by atoms with Crippen molar-refractivity contribution in [3.63, 3.8) is 0 Å². The SMILES string of the molecule is CCCC(O)(CCC)CN=C(NCC)NCC(C1CC1)N(C)C. The van der Waals surface area contributed by atoms with E-state index in [1.807, 2.05) is 0 Å². The number of rotatable bonds is 11. The van der Waals surface area contributed by atoms with Crippen LogP contribution in [0.25, 0.3) is 0 Å². The predicted octanol–water partition coefficient (Wildman–Crippen LogP) is 2.21. The van der Waals surface area contributed by atoms with Gasteiger partial charge >= 0.3 is 0 Å². The van der Waals surface area contributed by atoms with E-state index in [4.69, 9.17) is 0 Å². The average Bonchev–Trinajstić information content (AvgIpc) is 3.30. The minimum atomic E-state index is -0.663. The van der Waals surface area contributed by atoms with Crippen molar-refractivity contribution in [2.75, 3.05) is 33.7 Å². The van der Waals surface area contributed by atoms with Gasteiger partial charge in [0, 0.05) is 19.1 Å². The van der Waals surface area contributed by atoms with Crippen LogP contribution >= 0.6 is 0 Å². The van der Waals surface area contributed by atoms with Gasteiger partial charge in [0.2, 0.25) is 0 Å². The third kappa shape index (κ3) is 7.53. The van der Waals surface area contributed by atoms with Crippen LogP contribution in [-0.4, -0.2) is 61.3 Å². The molecule has 5 heteroatoms. The highest BCUT2D eigenvalue weighted by molar-refractivity contribution is 5.79. The highest BCUT2D eigenvalue weighted by atomic mass is 16.3. The van der Waals surface area contributed by atoms with E-state index < -0.39 is 5.60 Å². The number of aliphatic hydroxyl groups is 1. The molecule has 3 N–H and O–H groups in total. The van der Waals surface area contributed by atoms with Crippen LogP contribution in [0.3, 0.4) is 0 Å². The van der Waals surface area contributed by atoms with E-state index >= 15 is 0 Å². The van der Waals surface area contributed by atoms with E-state index in [0.717, 1.165) is 50.7 Å². The Morgan fingerprint density at radius 2 is 1.78 bits per heavy atom. The Hall–Kier alpha value is -0.810. The van der Waals surface area contributed by atoms with Gasteiger partial charge < -0.3 is 20.6 Å². The first-order chi connectivity index (χ1) is 11.0. The van der Waals surface area contributed by atoms with E-state index in [2.05, 4.69) is 55.4 Å². The number of hydrogen-bond donors (Lipinski definition) is 3. The first-order valence-corrected chi connectivity index (χ1v) is 9.36. The van der Waals surface area contributed by atoms with Crippen LogP contribution in [0.4, 0.5) is 0 Å². The van der Waals surface area contributed by atoms with Gasteiger partial charge in [-0.05, 0) is 52.6 Å². The van der Waals surface area contributed by atoms with Crippen molar-refractivity contribution in [3.8, 4) is 0 Å². The smallest absolute Gasteiger partial charge is 0.191 e. The van der Waals surface area contributed by atoms with Crippen molar-refractivity contribution < 1.29 is 5.11 Å². The summed E-state index contributed by atoms with van der Waals surface area (Å²) in [6, 6.07) is 0.559. The molecule has 0 aromatic heterocycles. The molecule has 0 bridgehead atoms. The van der Waals surface area contributed by atoms with Crippen LogP contribution in [0, 0.1) is 5.92 Å². The summed E-state index contributed by atoms with van der Waals surface area (Å²) in [4.78, 5) is 6.96. The van der Waals surface area contributed by atoms with Gasteiger partial charge in [-0.15, -0.1) is 0 Å². The van der Waals surface area contributed by atoms with Gasteiger partial charge in [0.25, 0.3) is 0 Å². The maximum atomic E-state index is 10.7. The molecule has 0 saturated heterocycles. The summed E-state index contributed by atoms with van der Waals surface area (Å²) in [6.45, 7) is 8.52. The maximum Gasteiger partial charge on any atom is 0.191 e. The van der Waals surface area contributed by atoms with E-state index in [0.29, 0.717) is 12.6 Å². The predicted molar refractivity (Wildman–Crippen MR) is 98.9 cm³/mol. The first-order valence-electron chi connectivity index (χ1n) is 9.36. The maximum absolute atomic E-state index is 10.7. The molecule has 0 spiro atoms. The normalized spacial score (nSPS) is 17.4. The molecule has 1 atom stereocenters. The van der Waals surface area contributed by atoms with Crippen molar-refractivity contribution in [2.24, 2.45) is 10.9 Å². The summed E-state index contributed by atoms with van der Waals surface area (Å²) in [5.74, 6) is 1.64. The molecule has 0 aromatic carbocycles. The van der Waals surface area contributed by atoms with Crippen molar-refractivity contribution in [2.45, 2.75) is 70.9 Å². The summed E-state index contributed by atoms with van der Waals surface area (Å²) in [5.41, 5.74) is -0.663. The Labute approximate surface area is 142 Å². The molecule has 1 saturated carbocycles. The molecule has 1 rings (SSSR count). The molecule has 5 nitrogen and oxygen atoms in total. The van der Waals surface area contributed by atoms with Gasteiger partial charge in [-0.1, -0.05) is 26.7 Å². The second kappa shape index (κ2) is 10.1. The quantitative estimate of drug-likeness (QED) is 0.402. The number of guanidine groups is 1. The molecule has 0 amide bonds. The van der Waals surface area contributed by atoms with Crippen LogP contribution in [0.1, 0.15) is 59.3 Å². The highest BCUT2D eigenvalue weighted by Gasteiger charge is 2.32. The Kier molecular flexibility index (Phi) is 8.92. The lowest BCUT2D eigenvalue weighted by Crippen LogP contribution is -2.46. The Balaban J connectivity index is 2.60. The van der Waals surface area contributed by atoms with E-state index in [1.165, 1.54) is 12.8 Å². The first kappa shape index (κ1) is 20.2.